The van der Waals surface area contributed by atoms with Crippen LogP contribution >= 0.6 is 0 Å². The summed E-state index contributed by atoms with van der Waals surface area (Å²) >= 11 is 0. The van der Waals surface area contributed by atoms with Crippen LogP contribution in [0, 0.1) is 13.8 Å². The molecule has 0 aliphatic heterocycles. The largest absolute Gasteiger partial charge is 0.387 e. The molecule has 2 rings (SSSR count). The number of urea groups is 1. The van der Waals surface area contributed by atoms with Crippen LogP contribution < -0.4 is 10.6 Å². The maximum atomic E-state index is 11.7. The van der Waals surface area contributed by atoms with Gasteiger partial charge in [-0.2, -0.15) is 0 Å². The molecule has 1 atom stereocenters. The van der Waals surface area contributed by atoms with Gasteiger partial charge >= 0.3 is 6.03 Å². The van der Waals surface area contributed by atoms with E-state index in [2.05, 4.69) is 20.9 Å². The average Bonchev–Trinajstić information content (AvgIpc) is 3.01. The molecular weight excluding hydrogens is 294 g/mol. The summed E-state index contributed by atoms with van der Waals surface area (Å²) in [6.45, 7) is 5.38. The topological polar surface area (TPSA) is 92.1 Å². The molecular formula is C16H23N5O2. The summed E-state index contributed by atoms with van der Waals surface area (Å²) < 4.78 is 1.71. The number of nitrogens with zero attached hydrogens (tertiary/aromatic N) is 3. The van der Waals surface area contributed by atoms with Gasteiger partial charge < -0.3 is 15.7 Å². The highest BCUT2D eigenvalue weighted by Gasteiger charge is 2.10. The van der Waals surface area contributed by atoms with E-state index < -0.39 is 6.10 Å². The minimum atomic E-state index is -0.713. The van der Waals surface area contributed by atoms with Gasteiger partial charge in [0.15, 0.2) is 0 Å². The fraction of sp³-hybridized carbons (Fsp3) is 0.438. The van der Waals surface area contributed by atoms with Crippen LogP contribution in [0.15, 0.2) is 30.6 Å². The first-order chi connectivity index (χ1) is 11.0. The smallest absolute Gasteiger partial charge is 0.314 e. The van der Waals surface area contributed by atoms with Crippen molar-refractivity contribution in [1.82, 2.24) is 25.6 Å². The lowest BCUT2D eigenvalue weighted by Gasteiger charge is -2.14. The Morgan fingerprint density at radius 3 is 2.65 bits per heavy atom. The normalized spacial score (nSPS) is 12.0. The number of aryl methyl sites for hydroxylation is 3. The molecule has 0 saturated carbocycles. The lowest BCUT2D eigenvalue weighted by Crippen LogP contribution is -2.38. The van der Waals surface area contributed by atoms with Gasteiger partial charge in [0.25, 0.3) is 0 Å². The average molecular weight is 317 g/mol. The molecule has 0 bridgehead atoms. The zero-order chi connectivity index (χ0) is 16.7. The van der Waals surface area contributed by atoms with Crippen molar-refractivity contribution in [2.45, 2.75) is 32.9 Å². The van der Waals surface area contributed by atoms with E-state index >= 15 is 0 Å². The van der Waals surface area contributed by atoms with E-state index in [9.17, 15) is 9.90 Å². The number of aliphatic hydroxyl groups is 1. The molecule has 0 fully saturated rings. The number of nitrogens with one attached hydrogen (secondary N) is 2. The van der Waals surface area contributed by atoms with Crippen molar-refractivity contribution in [3.8, 4) is 0 Å². The van der Waals surface area contributed by atoms with E-state index in [1.54, 1.807) is 17.1 Å². The van der Waals surface area contributed by atoms with Gasteiger partial charge in [-0.25, -0.2) is 4.79 Å². The zero-order valence-corrected chi connectivity index (χ0v) is 13.5. The Hall–Kier alpha value is -2.41. The second-order valence-electron chi connectivity index (χ2n) is 5.59. The van der Waals surface area contributed by atoms with Crippen LogP contribution in [0.25, 0.3) is 0 Å². The number of rotatable bonds is 7. The van der Waals surface area contributed by atoms with Crippen molar-refractivity contribution in [2.75, 3.05) is 13.1 Å². The Balaban J connectivity index is 1.67. The second kappa shape index (κ2) is 8.28. The van der Waals surface area contributed by atoms with Crippen molar-refractivity contribution in [3.63, 3.8) is 0 Å². The molecule has 0 aliphatic carbocycles. The lowest BCUT2D eigenvalue weighted by molar-refractivity contribution is 0.173. The van der Waals surface area contributed by atoms with Gasteiger partial charge in [0, 0.05) is 25.8 Å². The van der Waals surface area contributed by atoms with Crippen molar-refractivity contribution < 1.29 is 9.90 Å². The highest BCUT2D eigenvalue weighted by Crippen LogP contribution is 2.16. The molecule has 7 heteroatoms. The molecule has 0 unspecified atom stereocenters. The van der Waals surface area contributed by atoms with E-state index in [1.807, 2.05) is 32.0 Å². The molecule has 124 valence electrons. The summed E-state index contributed by atoms with van der Waals surface area (Å²) in [5, 5.41) is 23.1. The summed E-state index contributed by atoms with van der Waals surface area (Å²) in [4.78, 5) is 11.7. The molecule has 2 amide bonds. The summed E-state index contributed by atoms with van der Waals surface area (Å²) in [7, 11) is 0. The van der Waals surface area contributed by atoms with Crippen molar-refractivity contribution in [1.29, 1.82) is 0 Å². The SMILES string of the molecule is Cc1cc(C)cc([C@H](O)CNC(=O)NCCCn2ccnn2)c1. The van der Waals surface area contributed by atoms with Crippen LogP contribution in [-0.4, -0.2) is 39.2 Å². The first-order valence-corrected chi connectivity index (χ1v) is 7.66. The maximum Gasteiger partial charge on any atom is 0.314 e. The highest BCUT2D eigenvalue weighted by molar-refractivity contribution is 5.73. The van der Waals surface area contributed by atoms with Crippen molar-refractivity contribution >= 4 is 6.03 Å². The summed E-state index contributed by atoms with van der Waals surface area (Å²) in [5.41, 5.74) is 3.00. The first-order valence-electron chi connectivity index (χ1n) is 7.66. The minimum absolute atomic E-state index is 0.178. The van der Waals surface area contributed by atoms with Crippen LogP contribution in [0.4, 0.5) is 4.79 Å². The second-order valence-corrected chi connectivity index (χ2v) is 5.59. The predicted octanol–water partition coefficient (Wildman–Crippen LogP) is 1.32. The minimum Gasteiger partial charge on any atom is -0.387 e. The number of carbonyl (C=O) groups excluding carboxylic acids is 1. The van der Waals surface area contributed by atoms with Gasteiger partial charge in [-0.15, -0.1) is 5.10 Å². The third kappa shape index (κ3) is 5.71. The molecule has 2 aromatic rings. The Kier molecular flexibility index (Phi) is 6.10. The van der Waals surface area contributed by atoms with Gasteiger partial charge in [-0.3, -0.25) is 4.68 Å². The zero-order valence-electron chi connectivity index (χ0n) is 13.5. The third-order valence-electron chi connectivity index (χ3n) is 3.41. The number of aromatic nitrogens is 3. The van der Waals surface area contributed by atoms with E-state index in [1.165, 1.54) is 0 Å². The monoisotopic (exact) mass is 317 g/mol. The fourth-order valence-electron chi connectivity index (χ4n) is 2.37. The van der Waals surface area contributed by atoms with Crippen molar-refractivity contribution in [2.24, 2.45) is 0 Å². The molecule has 1 heterocycles. The van der Waals surface area contributed by atoms with Gasteiger partial charge in [-0.1, -0.05) is 34.5 Å². The van der Waals surface area contributed by atoms with Crippen LogP contribution in [-0.2, 0) is 6.54 Å². The molecule has 0 aliphatic rings. The molecule has 3 N–H and O–H groups in total. The summed E-state index contributed by atoms with van der Waals surface area (Å²) in [6, 6.07) is 5.61. The van der Waals surface area contributed by atoms with Gasteiger partial charge in [0.1, 0.15) is 0 Å². The molecule has 0 spiro atoms. The number of hydrogen-bond donors (Lipinski definition) is 3. The van der Waals surface area contributed by atoms with Crippen LogP contribution in [0.5, 0.6) is 0 Å². The Morgan fingerprint density at radius 1 is 1.26 bits per heavy atom. The van der Waals surface area contributed by atoms with Crippen LogP contribution in [0.2, 0.25) is 0 Å². The lowest BCUT2D eigenvalue weighted by atomic mass is 10.0. The highest BCUT2D eigenvalue weighted by atomic mass is 16.3. The van der Waals surface area contributed by atoms with Gasteiger partial charge in [-0.05, 0) is 25.8 Å². The number of carbonyl (C=O) groups is 1. The van der Waals surface area contributed by atoms with Crippen LogP contribution in [0.1, 0.15) is 29.2 Å². The quantitative estimate of drug-likeness (QED) is 0.672. The van der Waals surface area contributed by atoms with E-state index in [-0.39, 0.29) is 12.6 Å². The molecule has 1 aromatic carbocycles. The van der Waals surface area contributed by atoms with E-state index in [0.29, 0.717) is 13.1 Å². The molecule has 0 radical (unpaired) electrons. The number of benzene rings is 1. The van der Waals surface area contributed by atoms with E-state index in [4.69, 9.17) is 0 Å². The molecule has 23 heavy (non-hydrogen) atoms. The fourth-order valence-corrected chi connectivity index (χ4v) is 2.37. The maximum absolute atomic E-state index is 11.7. The molecule has 7 nitrogen and oxygen atoms in total. The molecule has 0 saturated heterocycles. The third-order valence-corrected chi connectivity index (χ3v) is 3.41. The summed E-state index contributed by atoms with van der Waals surface area (Å²) in [6.07, 6.45) is 3.44. The Morgan fingerprint density at radius 2 is 2.00 bits per heavy atom. The Bertz CT molecular complexity index is 607. The van der Waals surface area contributed by atoms with Crippen LogP contribution in [0.3, 0.4) is 0 Å². The predicted molar refractivity (Wildman–Crippen MR) is 86.9 cm³/mol. The van der Waals surface area contributed by atoms with Gasteiger partial charge in [0.2, 0.25) is 0 Å². The first kappa shape index (κ1) is 17.0. The number of aliphatic hydroxyl groups excluding tert-OH is 1. The van der Waals surface area contributed by atoms with Crippen molar-refractivity contribution in [3.05, 3.63) is 47.3 Å². The standard InChI is InChI=1S/C16H23N5O2/c1-12-8-13(2)10-14(9-12)15(22)11-18-16(23)17-4-3-6-21-7-5-19-20-21/h5,7-10,15,22H,3-4,6,11H2,1-2H3,(H2,17,18,23)/t15-/m1/s1. The Labute approximate surface area is 135 Å². The van der Waals surface area contributed by atoms with E-state index in [0.717, 1.165) is 23.1 Å². The summed E-state index contributed by atoms with van der Waals surface area (Å²) in [5.74, 6) is 0. The number of amides is 2. The number of hydrogen-bond acceptors (Lipinski definition) is 4. The molecule has 1 aromatic heterocycles. The van der Waals surface area contributed by atoms with Gasteiger partial charge in [0.05, 0.1) is 12.3 Å².